The van der Waals surface area contributed by atoms with Gasteiger partial charge in [-0.05, 0) is 42.8 Å². The highest BCUT2D eigenvalue weighted by Crippen LogP contribution is 2.23. The summed E-state index contributed by atoms with van der Waals surface area (Å²) in [5.74, 6) is -1.68. The molecule has 0 spiro atoms. The minimum atomic E-state index is -0.719. The van der Waals surface area contributed by atoms with Crippen LogP contribution in [0.2, 0.25) is 5.02 Å². The van der Waals surface area contributed by atoms with Gasteiger partial charge in [0.05, 0.1) is 17.6 Å². The van der Waals surface area contributed by atoms with E-state index in [4.69, 9.17) is 16.9 Å². The smallest absolute Gasteiger partial charge is 0.258 e. The van der Waals surface area contributed by atoms with E-state index in [9.17, 15) is 14.0 Å². The van der Waals surface area contributed by atoms with Crippen molar-refractivity contribution in [1.82, 2.24) is 4.90 Å². The third-order valence-corrected chi connectivity index (χ3v) is 4.49. The first-order valence-electron chi connectivity index (χ1n) is 7.95. The van der Waals surface area contributed by atoms with Crippen LogP contribution in [0.4, 0.5) is 10.1 Å². The van der Waals surface area contributed by atoms with E-state index in [2.05, 4.69) is 11.4 Å². The van der Waals surface area contributed by atoms with Crippen LogP contribution >= 0.6 is 11.6 Å². The molecule has 2 amide bonds. The highest BCUT2D eigenvalue weighted by atomic mass is 35.5. The molecule has 1 N–H and O–H groups in total. The van der Waals surface area contributed by atoms with Crippen LogP contribution in [0.15, 0.2) is 36.4 Å². The zero-order valence-corrected chi connectivity index (χ0v) is 14.7. The van der Waals surface area contributed by atoms with Gasteiger partial charge < -0.3 is 10.2 Å². The number of carbonyl (C=O) groups excluding carboxylic acids is 2. The molecule has 0 aliphatic carbocycles. The molecule has 1 heterocycles. The van der Waals surface area contributed by atoms with Crippen molar-refractivity contribution in [3.63, 3.8) is 0 Å². The highest BCUT2D eigenvalue weighted by Gasteiger charge is 2.31. The van der Waals surface area contributed by atoms with Crippen molar-refractivity contribution in [2.75, 3.05) is 18.4 Å². The summed E-state index contributed by atoms with van der Waals surface area (Å²) in [6.07, 6.45) is 0. The maximum absolute atomic E-state index is 13.9. The van der Waals surface area contributed by atoms with Crippen LogP contribution in [0.5, 0.6) is 0 Å². The van der Waals surface area contributed by atoms with Crippen molar-refractivity contribution in [3.8, 4) is 6.07 Å². The largest absolute Gasteiger partial charge is 0.336 e. The van der Waals surface area contributed by atoms with Crippen LogP contribution in [0.1, 0.15) is 26.3 Å². The Balaban J connectivity index is 1.79. The Hall–Kier alpha value is -2.91. The molecule has 0 bridgehead atoms. The lowest BCUT2D eigenvalue weighted by Crippen LogP contribution is -2.49. The van der Waals surface area contributed by atoms with Crippen LogP contribution in [0, 0.1) is 30.0 Å². The van der Waals surface area contributed by atoms with E-state index < -0.39 is 11.7 Å². The molecule has 2 aromatic carbocycles. The summed E-state index contributed by atoms with van der Waals surface area (Å²) >= 11 is 5.70. The number of rotatable bonds is 3. The molecule has 2 aromatic rings. The van der Waals surface area contributed by atoms with Crippen LogP contribution < -0.4 is 5.32 Å². The molecule has 5 nitrogen and oxygen atoms in total. The van der Waals surface area contributed by atoms with Crippen molar-refractivity contribution in [2.24, 2.45) is 5.92 Å². The summed E-state index contributed by atoms with van der Waals surface area (Å²) < 4.78 is 13.9. The molecule has 0 unspecified atom stereocenters. The summed E-state index contributed by atoms with van der Waals surface area (Å²) in [7, 11) is 0. The van der Waals surface area contributed by atoms with E-state index in [0.29, 0.717) is 24.3 Å². The molecule has 26 heavy (non-hydrogen) atoms. The van der Waals surface area contributed by atoms with Crippen LogP contribution in [0.25, 0.3) is 0 Å². The number of amides is 2. The van der Waals surface area contributed by atoms with Crippen molar-refractivity contribution < 1.29 is 14.0 Å². The van der Waals surface area contributed by atoms with Gasteiger partial charge in [0.1, 0.15) is 5.82 Å². The van der Waals surface area contributed by atoms with Crippen LogP contribution in [0.3, 0.4) is 0 Å². The minimum Gasteiger partial charge on any atom is -0.336 e. The third-order valence-electron chi connectivity index (χ3n) is 4.26. The number of carbonyl (C=O) groups is 2. The molecular formula is C19H15ClFN3O2. The first-order chi connectivity index (χ1) is 12.4. The van der Waals surface area contributed by atoms with Gasteiger partial charge in [-0.1, -0.05) is 17.7 Å². The van der Waals surface area contributed by atoms with Gasteiger partial charge in [0.2, 0.25) is 0 Å². The standard InChI is InChI=1S/C19H15ClFN3O2/c1-11-2-3-13(19(26)24-9-12(8-22)10-24)6-17(11)23-18(25)15-5-4-14(20)7-16(15)21/h2-7,12H,9-10H2,1H3,(H,23,25). The quantitative estimate of drug-likeness (QED) is 0.895. The molecule has 0 atom stereocenters. The predicted octanol–water partition coefficient (Wildman–Crippen LogP) is 3.64. The van der Waals surface area contributed by atoms with Gasteiger partial charge in [0.25, 0.3) is 11.8 Å². The second kappa shape index (κ2) is 7.14. The zero-order chi connectivity index (χ0) is 18.8. The number of nitrogens with one attached hydrogen (secondary N) is 1. The van der Waals surface area contributed by atoms with Gasteiger partial charge in [-0.15, -0.1) is 0 Å². The van der Waals surface area contributed by atoms with Crippen LogP contribution in [-0.2, 0) is 0 Å². The number of nitriles is 1. The second-order valence-corrected chi connectivity index (χ2v) is 6.58. The lowest BCUT2D eigenvalue weighted by Gasteiger charge is -2.35. The number of benzene rings is 2. The molecule has 0 aromatic heterocycles. The number of nitrogens with zero attached hydrogens (tertiary/aromatic N) is 2. The molecule has 1 fully saturated rings. The lowest BCUT2D eigenvalue weighted by molar-refractivity contribution is 0.0577. The average molecular weight is 372 g/mol. The zero-order valence-electron chi connectivity index (χ0n) is 13.9. The van der Waals surface area contributed by atoms with Crippen molar-refractivity contribution >= 4 is 29.1 Å². The fraction of sp³-hybridized carbons (Fsp3) is 0.211. The number of anilines is 1. The fourth-order valence-electron chi connectivity index (χ4n) is 2.66. The molecule has 7 heteroatoms. The van der Waals surface area contributed by atoms with E-state index in [1.165, 1.54) is 12.1 Å². The van der Waals surface area contributed by atoms with Gasteiger partial charge >= 0.3 is 0 Å². The predicted molar refractivity (Wildman–Crippen MR) is 95.5 cm³/mol. The molecular weight excluding hydrogens is 357 g/mol. The molecule has 0 saturated carbocycles. The summed E-state index contributed by atoms with van der Waals surface area (Å²) in [5.41, 5.74) is 1.43. The van der Waals surface area contributed by atoms with Crippen molar-refractivity contribution in [3.05, 3.63) is 63.9 Å². The Bertz CT molecular complexity index is 933. The topological polar surface area (TPSA) is 73.2 Å². The number of halogens is 2. The monoisotopic (exact) mass is 371 g/mol. The van der Waals surface area contributed by atoms with Gasteiger partial charge in [0, 0.05) is 29.4 Å². The minimum absolute atomic E-state index is 0.128. The molecule has 0 radical (unpaired) electrons. The molecule has 3 rings (SSSR count). The summed E-state index contributed by atoms with van der Waals surface area (Å²) in [5, 5.41) is 11.6. The lowest BCUT2D eigenvalue weighted by atomic mass is 10.00. The Labute approximate surface area is 155 Å². The van der Waals surface area contributed by atoms with Crippen molar-refractivity contribution in [2.45, 2.75) is 6.92 Å². The SMILES string of the molecule is Cc1ccc(C(=O)N2CC(C#N)C2)cc1NC(=O)c1ccc(Cl)cc1F. The number of hydrogen-bond donors (Lipinski definition) is 1. The van der Waals surface area contributed by atoms with E-state index in [-0.39, 0.29) is 22.4 Å². The Morgan fingerprint density at radius 1 is 1.27 bits per heavy atom. The maximum atomic E-state index is 13.9. The number of likely N-dealkylation sites (tertiary alicyclic amines) is 1. The van der Waals surface area contributed by atoms with E-state index in [0.717, 1.165) is 11.6 Å². The van der Waals surface area contributed by atoms with Gasteiger partial charge in [-0.25, -0.2) is 4.39 Å². The van der Waals surface area contributed by atoms with Crippen molar-refractivity contribution in [1.29, 1.82) is 5.26 Å². The molecule has 132 valence electrons. The van der Waals surface area contributed by atoms with Gasteiger partial charge in [-0.2, -0.15) is 5.26 Å². The fourth-order valence-corrected chi connectivity index (χ4v) is 2.82. The van der Waals surface area contributed by atoms with Gasteiger partial charge in [0.15, 0.2) is 0 Å². The highest BCUT2D eigenvalue weighted by molar-refractivity contribution is 6.30. The second-order valence-electron chi connectivity index (χ2n) is 6.14. The first kappa shape index (κ1) is 17.9. The summed E-state index contributed by atoms with van der Waals surface area (Å²) in [6.45, 7) is 2.58. The average Bonchev–Trinajstić information content (AvgIpc) is 2.55. The number of hydrogen-bond acceptors (Lipinski definition) is 3. The first-order valence-corrected chi connectivity index (χ1v) is 8.33. The van der Waals surface area contributed by atoms with E-state index in [1.807, 2.05) is 0 Å². The normalized spacial score (nSPS) is 13.7. The van der Waals surface area contributed by atoms with E-state index in [1.54, 1.807) is 30.0 Å². The Morgan fingerprint density at radius 2 is 2.00 bits per heavy atom. The summed E-state index contributed by atoms with van der Waals surface area (Å²) in [6, 6.07) is 10.9. The van der Waals surface area contributed by atoms with Gasteiger partial charge in [-0.3, -0.25) is 9.59 Å². The number of aryl methyl sites for hydroxylation is 1. The Morgan fingerprint density at radius 3 is 2.65 bits per heavy atom. The van der Waals surface area contributed by atoms with E-state index >= 15 is 0 Å². The third kappa shape index (κ3) is 3.53. The Kier molecular flexibility index (Phi) is 4.92. The molecule has 1 aliphatic heterocycles. The summed E-state index contributed by atoms with van der Waals surface area (Å²) in [4.78, 5) is 26.3. The molecule has 1 aliphatic rings. The molecule has 1 saturated heterocycles. The maximum Gasteiger partial charge on any atom is 0.258 e. The van der Waals surface area contributed by atoms with Crippen LogP contribution in [-0.4, -0.2) is 29.8 Å².